The molecule has 2 aliphatic carbocycles. The SMILES string of the molecule is CC1CC2CC(C1)C(NC(=O)c1cnc(N3CC4(CCOCC4)c4cc(Nc5ccc(C(F)(F)F)cn5)ccc43)nc1C(F)(F)F)(C(=O)O)C2. The summed E-state index contributed by atoms with van der Waals surface area (Å²) in [5.41, 5.74) is -3.68. The highest BCUT2D eigenvalue weighted by Gasteiger charge is 2.57. The van der Waals surface area contributed by atoms with Gasteiger partial charge in [-0.25, -0.2) is 19.7 Å². The molecule has 0 radical (unpaired) electrons. The molecule has 2 aromatic heterocycles. The standard InChI is InChI=1S/C34H34F6N6O4/c1-18-10-19-12-21(11-18)32(14-19,29(48)49)45-28(47)23-16-42-30(44-27(23)34(38,39)40)46-17-31(6-8-50-9-7-31)24-13-22(3-4-25(24)46)43-26-5-2-20(15-41-26)33(35,36)37/h2-5,13,15-16,18-19,21H,6-12,14,17H2,1H3,(H,41,43)(H,45,47)(H,48,49). The van der Waals surface area contributed by atoms with Crippen molar-refractivity contribution in [1.29, 1.82) is 0 Å². The molecule has 10 nitrogen and oxygen atoms in total. The summed E-state index contributed by atoms with van der Waals surface area (Å²) in [4.78, 5) is 39.6. The minimum Gasteiger partial charge on any atom is -0.479 e. The Morgan fingerprint density at radius 1 is 0.980 bits per heavy atom. The van der Waals surface area contributed by atoms with Gasteiger partial charge in [0.05, 0.1) is 11.1 Å². The number of carboxylic acids is 1. The molecule has 3 N–H and O–H groups in total. The number of hydrogen-bond acceptors (Lipinski definition) is 8. The summed E-state index contributed by atoms with van der Waals surface area (Å²) < 4.78 is 88.5. The van der Waals surface area contributed by atoms with Gasteiger partial charge in [0.2, 0.25) is 5.95 Å². The topological polar surface area (TPSA) is 130 Å². The molecule has 4 heterocycles. The summed E-state index contributed by atoms with van der Waals surface area (Å²) in [6.45, 7) is 3.00. The number of pyridine rings is 1. The number of aromatic nitrogens is 3. The number of nitrogens with one attached hydrogen (secondary N) is 2. The van der Waals surface area contributed by atoms with E-state index in [1.54, 1.807) is 23.1 Å². The fraction of sp³-hybridized carbons (Fsp3) is 0.500. The van der Waals surface area contributed by atoms with Crippen LogP contribution >= 0.6 is 0 Å². The van der Waals surface area contributed by atoms with E-state index in [9.17, 15) is 41.0 Å². The van der Waals surface area contributed by atoms with Crippen LogP contribution in [0.4, 0.5) is 49.5 Å². The van der Waals surface area contributed by atoms with Gasteiger partial charge in [-0.1, -0.05) is 6.92 Å². The van der Waals surface area contributed by atoms with Gasteiger partial charge >= 0.3 is 18.3 Å². The second-order valence-electron chi connectivity index (χ2n) is 14.0. The van der Waals surface area contributed by atoms with E-state index in [1.165, 1.54) is 6.07 Å². The van der Waals surface area contributed by atoms with Gasteiger partial charge in [-0.15, -0.1) is 0 Å². The quantitative estimate of drug-likeness (QED) is 0.236. The van der Waals surface area contributed by atoms with Gasteiger partial charge in [-0.2, -0.15) is 26.3 Å². The molecule has 1 amide bonds. The first kappa shape index (κ1) is 34.0. The molecule has 3 fully saturated rings. The Bertz CT molecular complexity index is 1810. The van der Waals surface area contributed by atoms with Crippen molar-refractivity contribution in [3.05, 3.63) is 65.1 Å². The third-order valence-corrected chi connectivity index (χ3v) is 10.7. The maximum Gasteiger partial charge on any atom is 0.434 e. The molecule has 266 valence electrons. The molecule has 1 aromatic carbocycles. The molecule has 16 heteroatoms. The predicted octanol–water partition coefficient (Wildman–Crippen LogP) is 6.86. The van der Waals surface area contributed by atoms with Crippen molar-refractivity contribution in [3.63, 3.8) is 0 Å². The Kier molecular flexibility index (Phi) is 8.22. The summed E-state index contributed by atoms with van der Waals surface area (Å²) >= 11 is 0. The summed E-state index contributed by atoms with van der Waals surface area (Å²) in [5.74, 6) is -2.70. The normalized spacial score (nSPS) is 25.7. The molecule has 4 atom stereocenters. The number of alkyl halides is 6. The number of carbonyl (C=O) groups excluding carboxylic acids is 1. The number of anilines is 4. The molecule has 1 spiro atoms. The number of aliphatic carboxylic acids is 1. The lowest BCUT2D eigenvalue weighted by atomic mass is 9.76. The summed E-state index contributed by atoms with van der Waals surface area (Å²) in [5, 5.41) is 15.7. The highest BCUT2D eigenvalue weighted by molar-refractivity contribution is 5.99. The van der Waals surface area contributed by atoms with E-state index >= 15 is 0 Å². The number of nitrogens with zero attached hydrogens (tertiary/aromatic N) is 4. The average Bonchev–Trinajstić information content (AvgIpc) is 3.50. The van der Waals surface area contributed by atoms with Gasteiger partial charge in [0.1, 0.15) is 11.4 Å². The second kappa shape index (κ2) is 12.1. The molecule has 1 saturated heterocycles. The molecule has 3 aromatic rings. The highest BCUT2D eigenvalue weighted by atomic mass is 19.4. The van der Waals surface area contributed by atoms with Gasteiger partial charge < -0.3 is 25.4 Å². The van der Waals surface area contributed by atoms with E-state index in [1.807, 2.05) is 6.92 Å². The Morgan fingerprint density at radius 3 is 2.40 bits per heavy atom. The first-order valence-corrected chi connectivity index (χ1v) is 16.4. The van der Waals surface area contributed by atoms with Crippen molar-refractivity contribution >= 4 is 35.0 Å². The fourth-order valence-corrected chi connectivity index (χ4v) is 8.46. The lowest BCUT2D eigenvalue weighted by molar-refractivity contribution is -0.146. The van der Waals surface area contributed by atoms with Gasteiger partial charge in [-0.05, 0) is 92.2 Å². The van der Waals surface area contributed by atoms with Crippen LogP contribution in [0.1, 0.15) is 72.6 Å². The monoisotopic (exact) mass is 704 g/mol. The minimum absolute atomic E-state index is 0.0514. The molecule has 7 rings (SSSR count). The molecule has 2 bridgehead atoms. The number of benzene rings is 1. The molecular formula is C34H34F6N6O4. The predicted molar refractivity (Wildman–Crippen MR) is 167 cm³/mol. The molecular weight excluding hydrogens is 670 g/mol. The van der Waals surface area contributed by atoms with Crippen LogP contribution in [0.5, 0.6) is 0 Å². The molecule has 4 aliphatic rings. The number of carbonyl (C=O) groups is 2. The van der Waals surface area contributed by atoms with Crippen molar-refractivity contribution in [2.45, 2.75) is 68.8 Å². The highest BCUT2D eigenvalue weighted by Crippen LogP contribution is 2.52. The van der Waals surface area contributed by atoms with E-state index in [-0.39, 0.29) is 36.6 Å². The number of fused-ring (bicyclic) bond motifs is 4. The zero-order valence-corrected chi connectivity index (χ0v) is 26.9. The Morgan fingerprint density at radius 2 is 1.74 bits per heavy atom. The second-order valence-corrected chi connectivity index (χ2v) is 14.0. The van der Waals surface area contributed by atoms with E-state index in [0.29, 0.717) is 50.3 Å². The third kappa shape index (κ3) is 6.00. The first-order chi connectivity index (χ1) is 23.6. The number of hydrogen-bond donors (Lipinski definition) is 3. The zero-order chi connectivity index (χ0) is 35.6. The van der Waals surface area contributed by atoms with Crippen molar-refractivity contribution in [2.75, 3.05) is 30.0 Å². The third-order valence-electron chi connectivity index (χ3n) is 10.7. The molecule has 50 heavy (non-hydrogen) atoms. The van der Waals surface area contributed by atoms with Gasteiger partial charge in [0.25, 0.3) is 5.91 Å². The maximum absolute atomic E-state index is 14.6. The van der Waals surface area contributed by atoms with Crippen LogP contribution < -0.4 is 15.5 Å². The van der Waals surface area contributed by atoms with Gasteiger partial charge in [0.15, 0.2) is 5.69 Å². The molecule has 4 unspecified atom stereocenters. The lowest BCUT2D eigenvalue weighted by Crippen LogP contribution is -2.57. The van der Waals surface area contributed by atoms with Crippen molar-refractivity contribution in [2.24, 2.45) is 17.8 Å². The molecule has 2 saturated carbocycles. The zero-order valence-electron chi connectivity index (χ0n) is 26.9. The smallest absolute Gasteiger partial charge is 0.434 e. The van der Waals surface area contributed by atoms with Crippen LogP contribution in [0.2, 0.25) is 0 Å². The number of carboxylic acid groups (broad SMARTS) is 1. The largest absolute Gasteiger partial charge is 0.479 e. The summed E-state index contributed by atoms with van der Waals surface area (Å²) in [6, 6.07) is 7.19. The first-order valence-electron chi connectivity index (χ1n) is 16.4. The minimum atomic E-state index is -5.07. The fourth-order valence-electron chi connectivity index (χ4n) is 8.46. The van der Waals surface area contributed by atoms with Crippen LogP contribution in [0.15, 0.2) is 42.7 Å². The number of rotatable bonds is 6. The van der Waals surface area contributed by atoms with Crippen LogP contribution in [0.3, 0.4) is 0 Å². The number of halogens is 6. The Hall–Kier alpha value is -4.47. The van der Waals surface area contributed by atoms with Crippen LogP contribution in [-0.2, 0) is 27.3 Å². The summed E-state index contributed by atoms with van der Waals surface area (Å²) in [7, 11) is 0. The Labute approximate surface area is 282 Å². The Balaban J connectivity index is 1.21. The van der Waals surface area contributed by atoms with E-state index in [4.69, 9.17) is 4.74 Å². The number of amides is 1. The van der Waals surface area contributed by atoms with E-state index in [0.717, 1.165) is 30.4 Å². The summed E-state index contributed by atoms with van der Waals surface area (Å²) in [6.07, 6.45) is -4.95. The van der Waals surface area contributed by atoms with Gasteiger partial charge in [-0.3, -0.25) is 4.79 Å². The van der Waals surface area contributed by atoms with Crippen molar-refractivity contribution < 1.29 is 45.8 Å². The van der Waals surface area contributed by atoms with E-state index < -0.39 is 57.9 Å². The average molecular weight is 705 g/mol. The van der Waals surface area contributed by atoms with Crippen LogP contribution in [0, 0.1) is 17.8 Å². The van der Waals surface area contributed by atoms with E-state index in [2.05, 4.69) is 25.6 Å². The lowest BCUT2D eigenvalue weighted by Gasteiger charge is -2.34. The number of ether oxygens (including phenoxy) is 1. The maximum atomic E-state index is 14.6. The van der Waals surface area contributed by atoms with Crippen LogP contribution in [0.25, 0.3) is 0 Å². The van der Waals surface area contributed by atoms with Crippen molar-refractivity contribution in [3.8, 4) is 0 Å². The van der Waals surface area contributed by atoms with Gasteiger partial charge in [0, 0.05) is 48.9 Å². The molecule has 2 aliphatic heterocycles. The van der Waals surface area contributed by atoms with Crippen LogP contribution in [-0.4, -0.2) is 57.2 Å². The van der Waals surface area contributed by atoms with Crippen molar-refractivity contribution in [1.82, 2.24) is 20.3 Å².